The summed E-state index contributed by atoms with van der Waals surface area (Å²) >= 11 is 12.1. The lowest BCUT2D eigenvalue weighted by Gasteiger charge is -2.28. The third-order valence-electron chi connectivity index (χ3n) is 5.52. The molecule has 0 radical (unpaired) electrons. The Hall–Kier alpha value is -3.06. The molecule has 1 N–H and O–H groups in total. The van der Waals surface area contributed by atoms with Crippen molar-refractivity contribution in [3.05, 3.63) is 88.4 Å². The minimum Gasteiger partial charge on any atom is -0.508 e. The monoisotopic (exact) mass is 454 g/mol. The summed E-state index contributed by atoms with van der Waals surface area (Å²) < 4.78 is 0. The van der Waals surface area contributed by atoms with Crippen LogP contribution in [0.1, 0.15) is 11.6 Å². The van der Waals surface area contributed by atoms with E-state index in [0.717, 1.165) is 16.2 Å². The van der Waals surface area contributed by atoms with Crippen molar-refractivity contribution in [3.63, 3.8) is 0 Å². The Morgan fingerprint density at radius 1 is 0.806 bits per heavy atom. The van der Waals surface area contributed by atoms with E-state index in [-0.39, 0.29) is 16.7 Å². The van der Waals surface area contributed by atoms with Crippen LogP contribution in [-0.4, -0.2) is 23.0 Å². The normalized spacial score (nSPS) is 22.8. The molecule has 0 bridgehead atoms. The first-order chi connectivity index (χ1) is 15.0. The number of hydroxylamine groups is 1. The summed E-state index contributed by atoms with van der Waals surface area (Å²) in [6.45, 7) is 0. The van der Waals surface area contributed by atoms with Crippen LogP contribution in [0.5, 0.6) is 5.75 Å². The lowest BCUT2D eigenvalue weighted by Crippen LogP contribution is -2.37. The number of halogens is 2. The minimum absolute atomic E-state index is 0.108. The van der Waals surface area contributed by atoms with Gasteiger partial charge in [-0.25, -0.2) is 9.96 Å². The van der Waals surface area contributed by atoms with E-state index >= 15 is 0 Å². The Labute approximate surface area is 188 Å². The number of fused-ring (bicyclic) bond motifs is 1. The summed E-state index contributed by atoms with van der Waals surface area (Å²) in [4.78, 5) is 33.9. The first-order valence-corrected chi connectivity index (χ1v) is 10.3. The molecule has 6 nitrogen and oxygen atoms in total. The molecule has 0 unspecified atom stereocenters. The Morgan fingerprint density at radius 2 is 1.52 bits per heavy atom. The van der Waals surface area contributed by atoms with Crippen molar-refractivity contribution in [1.29, 1.82) is 0 Å². The van der Waals surface area contributed by atoms with Gasteiger partial charge in [-0.3, -0.25) is 14.4 Å². The van der Waals surface area contributed by atoms with E-state index in [1.54, 1.807) is 41.5 Å². The fourth-order valence-electron chi connectivity index (χ4n) is 4.10. The van der Waals surface area contributed by atoms with Crippen LogP contribution in [0.25, 0.3) is 0 Å². The predicted octanol–water partition coefficient (Wildman–Crippen LogP) is 4.75. The molecule has 5 rings (SSSR count). The molecule has 2 aliphatic heterocycles. The second-order valence-corrected chi connectivity index (χ2v) is 8.17. The van der Waals surface area contributed by atoms with Gasteiger partial charge in [0.25, 0.3) is 5.91 Å². The van der Waals surface area contributed by atoms with Crippen molar-refractivity contribution >= 4 is 46.4 Å². The zero-order valence-corrected chi connectivity index (χ0v) is 17.5. The van der Waals surface area contributed by atoms with E-state index in [1.807, 2.05) is 30.3 Å². The SMILES string of the molecule is O=C1[C@@H]2[C@@H](ON(c3ccccc3)[C@H]2c2ccc(O)cc2)C(=O)N1c1ccc(Cl)c(Cl)c1. The quantitative estimate of drug-likeness (QED) is 0.578. The van der Waals surface area contributed by atoms with Crippen molar-refractivity contribution in [1.82, 2.24) is 0 Å². The van der Waals surface area contributed by atoms with E-state index in [4.69, 9.17) is 28.0 Å². The van der Waals surface area contributed by atoms with E-state index < -0.39 is 24.0 Å². The summed E-state index contributed by atoms with van der Waals surface area (Å²) in [7, 11) is 0. The van der Waals surface area contributed by atoms with Gasteiger partial charge in [0.1, 0.15) is 11.7 Å². The molecule has 3 aromatic carbocycles. The number of aromatic hydroxyl groups is 1. The van der Waals surface area contributed by atoms with Crippen LogP contribution in [0.2, 0.25) is 10.0 Å². The van der Waals surface area contributed by atoms with Crippen LogP contribution in [0.3, 0.4) is 0 Å². The van der Waals surface area contributed by atoms with Crippen molar-refractivity contribution in [2.45, 2.75) is 12.1 Å². The van der Waals surface area contributed by atoms with Gasteiger partial charge in [0.15, 0.2) is 6.10 Å². The van der Waals surface area contributed by atoms with E-state index in [9.17, 15) is 14.7 Å². The number of carbonyl (C=O) groups excluding carboxylic acids is 2. The van der Waals surface area contributed by atoms with Crippen LogP contribution in [0, 0.1) is 5.92 Å². The lowest BCUT2D eigenvalue weighted by atomic mass is 9.90. The molecule has 3 atom stereocenters. The van der Waals surface area contributed by atoms with E-state index in [1.165, 1.54) is 6.07 Å². The molecule has 2 saturated heterocycles. The van der Waals surface area contributed by atoms with Gasteiger partial charge in [-0.2, -0.15) is 0 Å². The zero-order chi connectivity index (χ0) is 21.7. The smallest absolute Gasteiger partial charge is 0.266 e. The fourth-order valence-corrected chi connectivity index (χ4v) is 4.39. The van der Waals surface area contributed by atoms with Crippen LogP contribution in [0.4, 0.5) is 11.4 Å². The largest absolute Gasteiger partial charge is 0.508 e. The Bertz CT molecular complexity index is 1170. The van der Waals surface area contributed by atoms with Gasteiger partial charge in [0.2, 0.25) is 5.91 Å². The molecule has 0 aromatic heterocycles. The first kappa shape index (κ1) is 19.9. The maximum Gasteiger partial charge on any atom is 0.266 e. The predicted molar refractivity (Wildman–Crippen MR) is 117 cm³/mol. The molecule has 2 aliphatic rings. The Balaban J connectivity index is 1.58. The average molecular weight is 455 g/mol. The number of para-hydroxylation sites is 1. The van der Waals surface area contributed by atoms with Gasteiger partial charge in [0.05, 0.1) is 27.5 Å². The highest BCUT2D eigenvalue weighted by atomic mass is 35.5. The number of hydrogen-bond acceptors (Lipinski definition) is 5. The van der Waals surface area contributed by atoms with E-state index in [0.29, 0.717) is 10.7 Å². The maximum atomic E-state index is 13.5. The van der Waals surface area contributed by atoms with Crippen LogP contribution < -0.4 is 9.96 Å². The Kier molecular flexibility index (Phi) is 4.85. The molecule has 8 heteroatoms. The molecule has 2 fully saturated rings. The number of rotatable bonds is 3. The molecule has 2 amide bonds. The number of nitrogens with zero attached hydrogens (tertiary/aromatic N) is 2. The van der Waals surface area contributed by atoms with Crippen molar-refractivity contribution in [2.75, 3.05) is 9.96 Å². The highest BCUT2D eigenvalue weighted by Crippen LogP contribution is 2.48. The molecular weight excluding hydrogens is 439 g/mol. The number of anilines is 2. The van der Waals surface area contributed by atoms with Gasteiger partial charge >= 0.3 is 0 Å². The van der Waals surface area contributed by atoms with Crippen LogP contribution >= 0.6 is 23.2 Å². The number of hydrogen-bond donors (Lipinski definition) is 1. The second kappa shape index (κ2) is 7.57. The summed E-state index contributed by atoms with van der Waals surface area (Å²) in [5.74, 6) is -1.51. The highest BCUT2D eigenvalue weighted by Gasteiger charge is 2.60. The van der Waals surface area contributed by atoms with Gasteiger partial charge in [-0.15, -0.1) is 0 Å². The third kappa shape index (κ3) is 3.24. The molecule has 3 aromatic rings. The number of carbonyl (C=O) groups is 2. The summed E-state index contributed by atoms with van der Waals surface area (Å²) in [6, 6.07) is 19.9. The summed E-state index contributed by atoms with van der Waals surface area (Å²) in [5, 5.41) is 11.9. The average Bonchev–Trinajstić information content (AvgIpc) is 3.28. The third-order valence-corrected chi connectivity index (χ3v) is 6.26. The minimum atomic E-state index is -0.985. The van der Waals surface area contributed by atoms with Crippen molar-refractivity contribution < 1.29 is 19.5 Å². The molecule has 0 aliphatic carbocycles. The van der Waals surface area contributed by atoms with Gasteiger partial charge in [-0.05, 0) is 48.0 Å². The van der Waals surface area contributed by atoms with Crippen molar-refractivity contribution in [2.24, 2.45) is 5.92 Å². The number of phenols is 1. The topological polar surface area (TPSA) is 70.1 Å². The summed E-state index contributed by atoms with van der Waals surface area (Å²) in [5.41, 5.74) is 1.81. The summed E-state index contributed by atoms with van der Waals surface area (Å²) in [6.07, 6.45) is -0.985. The molecule has 0 spiro atoms. The van der Waals surface area contributed by atoms with Gasteiger partial charge in [0, 0.05) is 0 Å². The Morgan fingerprint density at radius 3 is 2.19 bits per heavy atom. The molecule has 2 heterocycles. The van der Waals surface area contributed by atoms with Gasteiger partial charge < -0.3 is 5.11 Å². The van der Waals surface area contributed by atoms with Crippen LogP contribution in [0.15, 0.2) is 72.8 Å². The molecule has 0 saturated carbocycles. The second-order valence-electron chi connectivity index (χ2n) is 7.36. The van der Waals surface area contributed by atoms with Crippen molar-refractivity contribution in [3.8, 4) is 5.75 Å². The molecular formula is C23H16Cl2N2O4. The highest BCUT2D eigenvalue weighted by molar-refractivity contribution is 6.42. The number of amides is 2. The van der Waals surface area contributed by atoms with E-state index in [2.05, 4.69) is 0 Å². The fraction of sp³-hybridized carbons (Fsp3) is 0.130. The number of imide groups is 1. The van der Waals surface area contributed by atoms with Gasteiger partial charge in [-0.1, -0.05) is 53.5 Å². The number of benzene rings is 3. The van der Waals surface area contributed by atoms with Crippen LogP contribution in [-0.2, 0) is 14.4 Å². The number of phenolic OH excluding ortho intramolecular Hbond substituents is 1. The first-order valence-electron chi connectivity index (χ1n) is 9.58. The zero-order valence-electron chi connectivity index (χ0n) is 16.0. The lowest BCUT2D eigenvalue weighted by molar-refractivity contribution is -0.126. The molecule has 31 heavy (non-hydrogen) atoms. The standard InChI is InChI=1S/C23H16Cl2N2O4/c24-17-11-8-15(12-18(17)25)26-22(29)19-20(13-6-9-16(28)10-7-13)27(31-21(19)23(26)30)14-4-2-1-3-5-14/h1-12,19-21,28H/t19-,20-,21+/m0/s1. The maximum absolute atomic E-state index is 13.5. The molecule has 156 valence electrons.